The van der Waals surface area contributed by atoms with Crippen LogP contribution in [0.4, 0.5) is 0 Å². The van der Waals surface area contributed by atoms with Gasteiger partial charge in [0.25, 0.3) is 0 Å². The Morgan fingerprint density at radius 3 is 3.06 bits per heavy atom. The average molecular weight is 300 g/mol. The first-order valence-corrected chi connectivity index (χ1v) is 6.64. The molecule has 84 valence electrons. The van der Waals surface area contributed by atoms with E-state index in [4.69, 9.17) is 11.6 Å². The van der Waals surface area contributed by atoms with Crippen molar-refractivity contribution in [2.45, 2.75) is 6.42 Å². The van der Waals surface area contributed by atoms with E-state index in [1.165, 1.54) is 11.1 Å². The zero-order valence-electron chi connectivity index (χ0n) is 8.71. The van der Waals surface area contributed by atoms with Crippen molar-refractivity contribution in [1.29, 1.82) is 0 Å². The first-order valence-electron chi connectivity index (χ1n) is 5.47. The minimum atomic E-state index is 0.689. The van der Waals surface area contributed by atoms with Crippen LogP contribution in [0.3, 0.4) is 0 Å². The van der Waals surface area contributed by atoms with Gasteiger partial charge in [0.1, 0.15) is 4.60 Å². The SMILES string of the molecule is Clc1cc(C2=CC3CNCC3C2)cnc1Br. The molecule has 1 fully saturated rings. The number of nitrogens with zero attached hydrogens (tertiary/aromatic N) is 1. The Bertz CT molecular complexity index is 458. The molecule has 0 amide bonds. The number of hydrogen-bond donors (Lipinski definition) is 1. The zero-order chi connectivity index (χ0) is 11.1. The lowest BCUT2D eigenvalue weighted by Gasteiger charge is -2.07. The molecule has 1 aliphatic carbocycles. The third-order valence-corrected chi connectivity index (χ3v) is 4.60. The minimum absolute atomic E-state index is 0.689. The number of hydrogen-bond acceptors (Lipinski definition) is 2. The summed E-state index contributed by atoms with van der Waals surface area (Å²) in [6.07, 6.45) is 5.43. The van der Waals surface area contributed by atoms with Crippen LogP contribution in [-0.2, 0) is 0 Å². The molecule has 0 bridgehead atoms. The van der Waals surface area contributed by atoms with E-state index >= 15 is 0 Å². The molecule has 1 aromatic heterocycles. The van der Waals surface area contributed by atoms with Crippen LogP contribution in [0.5, 0.6) is 0 Å². The van der Waals surface area contributed by atoms with E-state index in [2.05, 4.69) is 32.3 Å². The lowest BCUT2D eigenvalue weighted by Crippen LogP contribution is -2.09. The topological polar surface area (TPSA) is 24.9 Å². The van der Waals surface area contributed by atoms with Crippen molar-refractivity contribution < 1.29 is 0 Å². The van der Waals surface area contributed by atoms with Gasteiger partial charge >= 0.3 is 0 Å². The van der Waals surface area contributed by atoms with E-state index in [1.807, 2.05) is 12.3 Å². The molecule has 1 saturated heterocycles. The smallest absolute Gasteiger partial charge is 0.124 e. The first-order chi connectivity index (χ1) is 7.74. The molecule has 4 heteroatoms. The first kappa shape index (κ1) is 10.8. The molecular weight excluding hydrogens is 288 g/mol. The Kier molecular flexibility index (Phi) is 2.78. The molecule has 1 N–H and O–H groups in total. The van der Waals surface area contributed by atoms with E-state index in [1.54, 1.807) is 0 Å². The summed E-state index contributed by atoms with van der Waals surface area (Å²) in [4.78, 5) is 4.25. The molecule has 0 aromatic carbocycles. The van der Waals surface area contributed by atoms with Gasteiger partial charge in [-0.3, -0.25) is 0 Å². The molecule has 3 rings (SSSR count). The van der Waals surface area contributed by atoms with Gasteiger partial charge in [0, 0.05) is 12.7 Å². The third-order valence-electron chi connectivity index (χ3n) is 3.46. The molecule has 2 unspecified atom stereocenters. The molecule has 16 heavy (non-hydrogen) atoms. The van der Waals surface area contributed by atoms with Crippen molar-refractivity contribution in [3.05, 3.63) is 33.5 Å². The van der Waals surface area contributed by atoms with Crippen molar-refractivity contribution in [3.8, 4) is 0 Å². The van der Waals surface area contributed by atoms with Crippen LogP contribution in [0.1, 0.15) is 12.0 Å². The summed E-state index contributed by atoms with van der Waals surface area (Å²) in [7, 11) is 0. The lowest BCUT2D eigenvalue weighted by molar-refractivity contribution is 0.536. The molecule has 2 nitrogen and oxygen atoms in total. The van der Waals surface area contributed by atoms with E-state index in [0.29, 0.717) is 10.9 Å². The van der Waals surface area contributed by atoms with Crippen LogP contribution in [0, 0.1) is 11.8 Å². The normalized spacial score (nSPS) is 28.0. The van der Waals surface area contributed by atoms with E-state index in [9.17, 15) is 0 Å². The van der Waals surface area contributed by atoms with Crippen molar-refractivity contribution >= 4 is 33.1 Å². The fourth-order valence-electron chi connectivity index (χ4n) is 2.59. The summed E-state index contributed by atoms with van der Waals surface area (Å²) >= 11 is 9.38. The Hall–Kier alpha value is -0.380. The van der Waals surface area contributed by atoms with Crippen LogP contribution in [-0.4, -0.2) is 18.1 Å². The molecule has 1 aromatic rings. The quantitative estimate of drug-likeness (QED) is 0.806. The second-order valence-electron chi connectivity index (χ2n) is 4.47. The molecule has 0 saturated carbocycles. The van der Waals surface area contributed by atoms with E-state index < -0.39 is 0 Å². The molecule has 2 atom stereocenters. The largest absolute Gasteiger partial charge is 0.316 e. The van der Waals surface area contributed by atoms with Crippen LogP contribution < -0.4 is 5.32 Å². The van der Waals surface area contributed by atoms with Gasteiger partial charge in [0.2, 0.25) is 0 Å². The summed E-state index contributed by atoms with van der Waals surface area (Å²) in [5.41, 5.74) is 2.57. The van der Waals surface area contributed by atoms with Gasteiger partial charge < -0.3 is 5.32 Å². The number of allylic oxidation sites excluding steroid dienone is 1. The fraction of sp³-hybridized carbons (Fsp3) is 0.417. The van der Waals surface area contributed by atoms with Crippen molar-refractivity contribution in [2.75, 3.05) is 13.1 Å². The van der Waals surface area contributed by atoms with E-state index in [0.717, 1.165) is 30.0 Å². The van der Waals surface area contributed by atoms with Gasteiger partial charge in [0.05, 0.1) is 5.02 Å². The highest BCUT2D eigenvalue weighted by Crippen LogP contribution is 2.38. The van der Waals surface area contributed by atoms with Gasteiger partial charge in [-0.15, -0.1) is 0 Å². The van der Waals surface area contributed by atoms with Crippen molar-refractivity contribution in [2.24, 2.45) is 11.8 Å². The molecule has 2 heterocycles. The fourth-order valence-corrected chi connectivity index (χ4v) is 2.98. The highest BCUT2D eigenvalue weighted by molar-refractivity contribution is 9.10. The van der Waals surface area contributed by atoms with Gasteiger partial charge in [-0.25, -0.2) is 4.98 Å². The van der Waals surface area contributed by atoms with Crippen LogP contribution >= 0.6 is 27.5 Å². The molecule has 2 aliphatic rings. The van der Waals surface area contributed by atoms with Gasteiger partial charge in [-0.05, 0) is 57.9 Å². The Morgan fingerprint density at radius 1 is 1.44 bits per heavy atom. The van der Waals surface area contributed by atoms with Crippen LogP contribution in [0.25, 0.3) is 5.57 Å². The number of nitrogens with one attached hydrogen (secondary N) is 1. The predicted molar refractivity (Wildman–Crippen MR) is 69.4 cm³/mol. The maximum absolute atomic E-state index is 6.06. The number of fused-ring (bicyclic) bond motifs is 1. The summed E-state index contributed by atoms with van der Waals surface area (Å²) in [6.45, 7) is 2.26. The van der Waals surface area contributed by atoms with Gasteiger partial charge in [-0.2, -0.15) is 0 Å². The number of halogens is 2. The third kappa shape index (κ3) is 1.81. The maximum atomic E-state index is 6.06. The maximum Gasteiger partial charge on any atom is 0.124 e. The summed E-state index contributed by atoms with van der Waals surface area (Å²) in [5.74, 6) is 1.48. The Labute approximate surface area is 108 Å². The Balaban J connectivity index is 1.90. The van der Waals surface area contributed by atoms with Gasteiger partial charge in [-0.1, -0.05) is 17.7 Å². The summed E-state index contributed by atoms with van der Waals surface area (Å²) in [5, 5.41) is 4.11. The second kappa shape index (κ2) is 4.13. The van der Waals surface area contributed by atoms with Gasteiger partial charge in [0.15, 0.2) is 0 Å². The standard InChI is InChI=1S/C12H12BrClN2/c13-12-11(14)3-10(6-16-12)7-1-8-4-15-5-9(8)2-7/h1,3,6,8-9,15H,2,4-5H2. The van der Waals surface area contributed by atoms with Crippen LogP contribution in [0.2, 0.25) is 5.02 Å². The summed E-state index contributed by atoms with van der Waals surface area (Å²) in [6, 6.07) is 2.00. The molecule has 0 spiro atoms. The average Bonchev–Trinajstić information content (AvgIpc) is 2.81. The number of aromatic nitrogens is 1. The van der Waals surface area contributed by atoms with Crippen molar-refractivity contribution in [1.82, 2.24) is 10.3 Å². The molecule has 0 radical (unpaired) electrons. The lowest BCUT2D eigenvalue weighted by atomic mass is 9.99. The molecular formula is C12H12BrClN2. The number of pyridine rings is 1. The van der Waals surface area contributed by atoms with Crippen LogP contribution in [0.15, 0.2) is 22.9 Å². The van der Waals surface area contributed by atoms with E-state index in [-0.39, 0.29) is 0 Å². The Morgan fingerprint density at radius 2 is 2.31 bits per heavy atom. The highest BCUT2D eigenvalue weighted by Gasteiger charge is 2.31. The highest BCUT2D eigenvalue weighted by atomic mass is 79.9. The summed E-state index contributed by atoms with van der Waals surface area (Å²) < 4.78 is 0.721. The zero-order valence-corrected chi connectivity index (χ0v) is 11.1. The number of rotatable bonds is 1. The second-order valence-corrected chi connectivity index (χ2v) is 5.63. The monoisotopic (exact) mass is 298 g/mol. The minimum Gasteiger partial charge on any atom is -0.316 e. The molecule has 1 aliphatic heterocycles. The predicted octanol–water partition coefficient (Wildman–Crippen LogP) is 3.12. The van der Waals surface area contributed by atoms with Crippen molar-refractivity contribution in [3.63, 3.8) is 0 Å².